The molecule has 2 unspecified atom stereocenters. The van der Waals surface area contributed by atoms with Gasteiger partial charge in [-0.2, -0.15) is 0 Å². The first-order valence-electron chi connectivity index (χ1n) is 8.89. The quantitative estimate of drug-likeness (QED) is 0.536. The third kappa shape index (κ3) is 3.06. The van der Waals surface area contributed by atoms with E-state index in [4.69, 9.17) is 9.98 Å². The second-order valence-corrected chi connectivity index (χ2v) is 7.56. The molecule has 0 aromatic heterocycles. The fourth-order valence-corrected chi connectivity index (χ4v) is 3.96. The molecule has 27 heavy (non-hydrogen) atoms. The van der Waals surface area contributed by atoms with E-state index in [0.29, 0.717) is 0 Å². The highest BCUT2D eigenvalue weighted by Gasteiger charge is 2.30. The summed E-state index contributed by atoms with van der Waals surface area (Å²) in [5.74, 6) is 0.792. The van der Waals surface area contributed by atoms with Gasteiger partial charge in [-0.3, -0.25) is 4.99 Å². The Labute approximate surface area is 166 Å². The van der Waals surface area contributed by atoms with E-state index in [1.807, 2.05) is 36.6 Å². The molecule has 0 amide bonds. The van der Waals surface area contributed by atoms with Crippen molar-refractivity contribution in [3.63, 3.8) is 0 Å². The van der Waals surface area contributed by atoms with Crippen LogP contribution in [-0.2, 0) is 0 Å². The van der Waals surface area contributed by atoms with E-state index in [1.165, 1.54) is 10.8 Å². The number of hydrogen-bond acceptors (Lipinski definition) is 3. The van der Waals surface area contributed by atoms with Crippen molar-refractivity contribution in [1.29, 1.82) is 0 Å². The van der Waals surface area contributed by atoms with Gasteiger partial charge in [-0.1, -0.05) is 70.5 Å². The molecular weight excluding hydrogens is 398 g/mol. The van der Waals surface area contributed by atoms with E-state index in [2.05, 4.69) is 69.5 Å². The van der Waals surface area contributed by atoms with Crippen LogP contribution in [-0.4, -0.2) is 23.9 Å². The van der Waals surface area contributed by atoms with E-state index >= 15 is 0 Å². The predicted octanol–water partition coefficient (Wildman–Crippen LogP) is 5.43. The Morgan fingerprint density at radius 3 is 2.59 bits per heavy atom. The van der Waals surface area contributed by atoms with Crippen molar-refractivity contribution in [3.05, 3.63) is 94.5 Å². The normalized spacial score (nSPS) is 20.9. The Morgan fingerprint density at radius 1 is 0.815 bits per heavy atom. The summed E-state index contributed by atoms with van der Waals surface area (Å²) in [7, 11) is 0. The van der Waals surface area contributed by atoms with Crippen molar-refractivity contribution in [3.8, 4) is 0 Å². The highest BCUT2D eigenvalue weighted by Crippen LogP contribution is 2.28. The van der Waals surface area contributed by atoms with Gasteiger partial charge in [-0.15, -0.1) is 0 Å². The summed E-state index contributed by atoms with van der Waals surface area (Å²) in [5.41, 5.74) is 3.13. The molecule has 2 aliphatic rings. The summed E-state index contributed by atoms with van der Waals surface area (Å²) in [6, 6.07) is 23.0. The number of dihydropyridines is 1. The number of nitrogens with zero attached hydrogens (tertiary/aromatic N) is 3. The van der Waals surface area contributed by atoms with Crippen molar-refractivity contribution < 1.29 is 0 Å². The molecule has 3 aromatic rings. The average molecular weight is 414 g/mol. The maximum atomic E-state index is 4.98. The first-order chi connectivity index (χ1) is 13.3. The number of allylic oxidation sites excluding steroid dienone is 1. The minimum absolute atomic E-state index is 0.0621. The third-order valence-corrected chi connectivity index (χ3v) is 5.38. The van der Waals surface area contributed by atoms with E-state index in [-0.39, 0.29) is 12.1 Å². The molecule has 3 aromatic carbocycles. The molecular formula is C23H16BrN3. The lowest BCUT2D eigenvalue weighted by molar-refractivity contribution is 0.628. The van der Waals surface area contributed by atoms with Gasteiger partial charge in [0, 0.05) is 16.3 Å². The summed E-state index contributed by atoms with van der Waals surface area (Å²) in [6.07, 6.45) is 5.79. The van der Waals surface area contributed by atoms with Gasteiger partial charge in [0.15, 0.2) is 12.0 Å². The Balaban J connectivity index is 1.66. The highest BCUT2D eigenvalue weighted by atomic mass is 79.9. The van der Waals surface area contributed by atoms with Gasteiger partial charge in [0.05, 0.1) is 11.6 Å². The second-order valence-electron chi connectivity index (χ2n) is 6.64. The summed E-state index contributed by atoms with van der Waals surface area (Å²) in [4.78, 5) is 14.4. The number of benzene rings is 3. The molecule has 0 spiro atoms. The van der Waals surface area contributed by atoms with Crippen LogP contribution in [0, 0.1) is 5.92 Å². The lowest BCUT2D eigenvalue weighted by Crippen LogP contribution is -2.32. The van der Waals surface area contributed by atoms with Gasteiger partial charge in [0.25, 0.3) is 0 Å². The molecule has 0 fully saturated rings. The molecule has 2 aliphatic heterocycles. The zero-order chi connectivity index (χ0) is 18.2. The van der Waals surface area contributed by atoms with Crippen LogP contribution in [0.15, 0.2) is 98.3 Å². The summed E-state index contributed by atoms with van der Waals surface area (Å²) in [5, 5.41) is 2.44. The van der Waals surface area contributed by atoms with E-state index < -0.39 is 0 Å². The maximum Gasteiger partial charge on any atom is 0.157 e. The standard InChI is InChI=1S/C23H16BrN3/c24-19-8-3-7-18(14-19)22-26-21(20-9-4-12-25-23(20)27-22)17-11-10-15-5-1-2-6-16(15)13-17/h1-14,20,23H. The van der Waals surface area contributed by atoms with Gasteiger partial charge in [-0.05, 0) is 40.6 Å². The number of hydrogen-bond donors (Lipinski definition) is 0. The minimum atomic E-state index is -0.164. The van der Waals surface area contributed by atoms with E-state index in [0.717, 1.165) is 27.1 Å². The lowest BCUT2D eigenvalue weighted by atomic mass is 9.90. The largest absolute Gasteiger partial charge is 0.265 e. The van der Waals surface area contributed by atoms with Crippen LogP contribution in [0.4, 0.5) is 0 Å². The van der Waals surface area contributed by atoms with Crippen LogP contribution in [0.2, 0.25) is 0 Å². The summed E-state index contributed by atoms with van der Waals surface area (Å²) >= 11 is 3.54. The van der Waals surface area contributed by atoms with Gasteiger partial charge in [0.2, 0.25) is 0 Å². The third-order valence-electron chi connectivity index (χ3n) is 4.89. The molecule has 2 atom stereocenters. The Morgan fingerprint density at radius 2 is 1.70 bits per heavy atom. The Bertz CT molecular complexity index is 1160. The van der Waals surface area contributed by atoms with Crippen LogP contribution in [0.5, 0.6) is 0 Å². The molecule has 5 rings (SSSR count). The molecule has 0 saturated carbocycles. The van der Waals surface area contributed by atoms with Crippen molar-refractivity contribution in [1.82, 2.24) is 0 Å². The summed E-state index contributed by atoms with van der Waals surface area (Å²) < 4.78 is 1.01. The van der Waals surface area contributed by atoms with Crippen molar-refractivity contribution in [2.45, 2.75) is 6.17 Å². The topological polar surface area (TPSA) is 37.1 Å². The SMILES string of the molecule is Brc1cccc(C2=NC3N=CC=CC3C(c3ccc4ccccc4c3)=N2)c1. The number of rotatable bonds is 2. The number of amidine groups is 1. The average Bonchev–Trinajstić information content (AvgIpc) is 2.72. The molecule has 4 heteroatoms. The van der Waals surface area contributed by atoms with Crippen LogP contribution in [0.1, 0.15) is 11.1 Å². The van der Waals surface area contributed by atoms with Crippen LogP contribution in [0.25, 0.3) is 10.8 Å². The van der Waals surface area contributed by atoms with Crippen LogP contribution >= 0.6 is 15.9 Å². The molecule has 0 saturated heterocycles. The first-order valence-corrected chi connectivity index (χ1v) is 9.69. The van der Waals surface area contributed by atoms with Gasteiger partial charge >= 0.3 is 0 Å². The highest BCUT2D eigenvalue weighted by molar-refractivity contribution is 9.10. The van der Waals surface area contributed by atoms with Crippen molar-refractivity contribution in [2.75, 3.05) is 0 Å². The van der Waals surface area contributed by atoms with Crippen molar-refractivity contribution in [2.24, 2.45) is 20.9 Å². The molecule has 3 nitrogen and oxygen atoms in total. The molecule has 130 valence electrons. The molecule has 2 heterocycles. The Hall–Kier alpha value is -2.85. The molecule has 0 bridgehead atoms. The molecule has 0 aliphatic carbocycles. The minimum Gasteiger partial charge on any atom is -0.265 e. The number of aliphatic imine (C=N–C) groups is 3. The van der Waals surface area contributed by atoms with Gasteiger partial charge < -0.3 is 0 Å². The second kappa shape index (κ2) is 6.71. The van der Waals surface area contributed by atoms with Gasteiger partial charge in [0.1, 0.15) is 0 Å². The zero-order valence-corrected chi connectivity index (χ0v) is 16.0. The zero-order valence-electron chi connectivity index (χ0n) is 14.5. The monoisotopic (exact) mass is 413 g/mol. The molecule has 0 N–H and O–H groups in total. The smallest absolute Gasteiger partial charge is 0.157 e. The lowest BCUT2D eigenvalue weighted by Gasteiger charge is -2.27. The van der Waals surface area contributed by atoms with Crippen molar-refractivity contribution >= 4 is 44.5 Å². The summed E-state index contributed by atoms with van der Waals surface area (Å²) in [6.45, 7) is 0. The van der Waals surface area contributed by atoms with Crippen LogP contribution < -0.4 is 0 Å². The number of halogens is 1. The molecule has 0 radical (unpaired) electrons. The van der Waals surface area contributed by atoms with E-state index in [9.17, 15) is 0 Å². The van der Waals surface area contributed by atoms with Crippen LogP contribution in [0.3, 0.4) is 0 Å². The van der Waals surface area contributed by atoms with Gasteiger partial charge in [-0.25, -0.2) is 9.98 Å². The first kappa shape index (κ1) is 16.3. The predicted molar refractivity (Wildman–Crippen MR) is 116 cm³/mol. The number of fused-ring (bicyclic) bond motifs is 2. The fraction of sp³-hybridized carbons (Fsp3) is 0.0870. The maximum absolute atomic E-state index is 4.98. The van der Waals surface area contributed by atoms with E-state index in [1.54, 1.807) is 0 Å². The Kier molecular flexibility index (Phi) is 4.06. The fourth-order valence-electron chi connectivity index (χ4n) is 3.56.